The maximum atomic E-state index is 16.1. The molecule has 3 atom stereocenters. The van der Waals surface area contributed by atoms with Crippen LogP contribution in [0.25, 0.3) is 0 Å². The van der Waals surface area contributed by atoms with Crippen LogP contribution in [0.4, 0.5) is 22.0 Å². The monoisotopic (exact) mass is 767 g/mol. The van der Waals surface area contributed by atoms with Gasteiger partial charge in [0.1, 0.15) is 5.75 Å². The number of carboxylic acid groups (broad SMARTS) is 1. The number of nitrogens with two attached hydrogens (primary N) is 1. The molecular formula is C32H39BrF5N3O6S. The van der Waals surface area contributed by atoms with E-state index < -0.39 is 45.6 Å². The van der Waals surface area contributed by atoms with E-state index >= 15 is 8.78 Å². The number of carbonyl (C=O) groups is 2. The summed E-state index contributed by atoms with van der Waals surface area (Å²) in [5.41, 5.74) is 5.68. The Morgan fingerprint density at radius 2 is 1.48 bits per heavy atom. The van der Waals surface area contributed by atoms with Crippen LogP contribution >= 0.6 is 15.9 Å². The van der Waals surface area contributed by atoms with Crippen molar-refractivity contribution in [2.45, 2.75) is 105 Å². The first-order valence-electron chi connectivity index (χ1n) is 15.8. The van der Waals surface area contributed by atoms with Gasteiger partial charge < -0.3 is 20.5 Å². The van der Waals surface area contributed by atoms with Crippen LogP contribution in [-0.2, 0) is 25.5 Å². The lowest BCUT2D eigenvalue weighted by molar-refractivity contribution is -0.192. The van der Waals surface area contributed by atoms with Crippen molar-refractivity contribution in [1.82, 2.24) is 9.62 Å². The molecule has 2 bridgehead atoms. The summed E-state index contributed by atoms with van der Waals surface area (Å²) in [6, 6.07) is 7.95. The largest absolute Gasteiger partial charge is 0.494 e. The molecule has 9 nitrogen and oxygen atoms in total. The zero-order chi connectivity index (χ0) is 35.3. The third-order valence-electron chi connectivity index (χ3n) is 9.03. The summed E-state index contributed by atoms with van der Waals surface area (Å²) in [6.45, 7) is 0.535. The van der Waals surface area contributed by atoms with Gasteiger partial charge in [0.2, 0.25) is 15.9 Å². The summed E-state index contributed by atoms with van der Waals surface area (Å²) in [5, 5.41) is 7.12. The van der Waals surface area contributed by atoms with Crippen molar-refractivity contribution in [3.05, 3.63) is 58.6 Å². The molecule has 3 aliphatic rings. The topological polar surface area (TPSA) is 139 Å². The van der Waals surface area contributed by atoms with Crippen LogP contribution in [0.5, 0.6) is 5.75 Å². The summed E-state index contributed by atoms with van der Waals surface area (Å²) in [6.07, 6.45) is 4.41. The van der Waals surface area contributed by atoms with Crippen molar-refractivity contribution in [1.29, 1.82) is 0 Å². The van der Waals surface area contributed by atoms with Crippen LogP contribution in [0, 0.1) is 5.92 Å². The average molecular weight is 769 g/mol. The van der Waals surface area contributed by atoms with Gasteiger partial charge in [-0.1, -0.05) is 60.2 Å². The minimum absolute atomic E-state index is 0.109. The lowest BCUT2D eigenvalue weighted by Crippen LogP contribution is -2.60. The number of rotatable bonds is 10. The number of nitrogens with zero attached hydrogens (tertiary/aromatic N) is 1. The second-order valence-electron chi connectivity index (χ2n) is 12.5. The summed E-state index contributed by atoms with van der Waals surface area (Å²) in [7, 11) is -4.49. The Balaban J connectivity index is 0.000000671. The van der Waals surface area contributed by atoms with E-state index in [1.54, 1.807) is 0 Å². The van der Waals surface area contributed by atoms with Gasteiger partial charge in [0, 0.05) is 28.2 Å². The summed E-state index contributed by atoms with van der Waals surface area (Å²) >= 11 is 3.24. The Morgan fingerprint density at radius 3 is 2.00 bits per heavy atom. The molecule has 2 unspecified atom stereocenters. The van der Waals surface area contributed by atoms with Crippen molar-refractivity contribution in [3.8, 4) is 5.75 Å². The van der Waals surface area contributed by atoms with Crippen LogP contribution < -0.4 is 15.2 Å². The zero-order valence-electron chi connectivity index (χ0n) is 26.0. The Labute approximate surface area is 284 Å². The highest BCUT2D eigenvalue weighted by molar-refractivity contribution is 9.10. The fourth-order valence-electron chi connectivity index (χ4n) is 6.60. The molecule has 1 amide bonds. The number of alkyl halides is 5. The van der Waals surface area contributed by atoms with Gasteiger partial charge in [-0.25, -0.2) is 13.2 Å². The van der Waals surface area contributed by atoms with Crippen LogP contribution in [-0.4, -0.2) is 67.3 Å². The number of hydrogen-bond donors (Lipinski definition) is 3. The molecule has 2 heterocycles. The zero-order valence-corrected chi connectivity index (χ0v) is 28.4. The number of fused-ring (bicyclic) bond motifs is 2. The molecule has 0 radical (unpaired) electrons. The highest BCUT2D eigenvalue weighted by Gasteiger charge is 2.53. The molecule has 16 heteroatoms. The van der Waals surface area contributed by atoms with Gasteiger partial charge in [-0.2, -0.15) is 26.7 Å². The van der Waals surface area contributed by atoms with Crippen molar-refractivity contribution < 1.29 is 49.8 Å². The van der Waals surface area contributed by atoms with Crippen LogP contribution in [0.3, 0.4) is 0 Å². The van der Waals surface area contributed by atoms with E-state index in [0.29, 0.717) is 48.4 Å². The lowest BCUT2D eigenvalue weighted by atomic mass is 9.87. The molecule has 1 saturated carbocycles. The molecule has 266 valence electrons. The maximum absolute atomic E-state index is 16.1. The lowest BCUT2D eigenvalue weighted by Gasteiger charge is -2.41. The number of sulfonamides is 1. The molecule has 0 spiro atoms. The normalized spacial score (nSPS) is 22.4. The molecule has 0 aromatic heterocycles. The Hall–Kier alpha value is -2.82. The van der Waals surface area contributed by atoms with Gasteiger partial charge >= 0.3 is 12.1 Å². The van der Waals surface area contributed by atoms with Crippen LogP contribution in [0.2, 0.25) is 0 Å². The van der Waals surface area contributed by atoms with Crippen molar-refractivity contribution in [2.75, 3.05) is 6.61 Å². The minimum Gasteiger partial charge on any atom is -0.494 e. The number of aliphatic carboxylic acids is 1. The number of carbonyl (C=O) groups excluding carboxylic acids is 1. The van der Waals surface area contributed by atoms with Gasteiger partial charge in [0.15, 0.2) is 6.04 Å². The van der Waals surface area contributed by atoms with E-state index in [1.807, 2.05) is 0 Å². The fraction of sp³-hybridized carbons (Fsp3) is 0.562. The number of hydrogen-bond acceptors (Lipinski definition) is 6. The van der Waals surface area contributed by atoms with Crippen molar-refractivity contribution in [2.24, 2.45) is 11.7 Å². The second kappa shape index (κ2) is 15.8. The number of piperidine rings is 1. The second-order valence-corrected chi connectivity index (χ2v) is 15.1. The molecule has 2 aliphatic heterocycles. The van der Waals surface area contributed by atoms with E-state index in [-0.39, 0.29) is 23.0 Å². The van der Waals surface area contributed by atoms with Crippen LogP contribution in [0.1, 0.15) is 69.8 Å². The van der Waals surface area contributed by atoms with Gasteiger partial charge in [0.05, 0.1) is 11.5 Å². The molecule has 2 saturated heterocycles. The summed E-state index contributed by atoms with van der Waals surface area (Å²) in [5.74, 6) is -6.34. The number of benzene rings is 2. The van der Waals surface area contributed by atoms with Gasteiger partial charge in [-0.15, -0.1) is 0 Å². The quantitative estimate of drug-likeness (QED) is 0.240. The summed E-state index contributed by atoms with van der Waals surface area (Å²) in [4.78, 5) is 23.9. The SMILES string of the molecule is NC1CC2CCC(C1)N2C(=O)[C@H](NS(=O)(=O)c1ccc(OCCC2CCCCC2)cc1)C(F)(F)c1ccc(Br)cc1.O=C(O)C(F)(F)F. The average Bonchev–Trinajstić information content (AvgIpc) is 3.30. The third-order valence-corrected chi connectivity index (χ3v) is 11.0. The first-order chi connectivity index (χ1) is 22.5. The predicted molar refractivity (Wildman–Crippen MR) is 170 cm³/mol. The molecule has 48 heavy (non-hydrogen) atoms. The number of amides is 1. The smallest absolute Gasteiger partial charge is 0.490 e. The van der Waals surface area contributed by atoms with Gasteiger partial charge in [-0.3, -0.25) is 4.79 Å². The van der Waals surface area contributed by atoms with E-state index in [9.17, 15) is 26.4 Å². The highest BCUT2D eigenvalue weighted by Crippen LogP contribution is 2.40. The number of ether oxygens (including phenoxy) is 1. The molecule has 3 fully saturated rings. The van der Waals surface area contributed by atoms with E-state index in [1.165, 1.54) is 85.5 Å². The fourth-order valence-corrected chi connectivity index (χ4v) is 8.06. The molecule has 1 aliphatic carbocycles. The van der Waals surface area contributed by atoms with E-state index in [2.05, 4.69) is 20.7 Å². The molecule has 4 N–H and O–H groups in total. The van der Waals surface area contributed by atoms with Crippen molar-refractivity contribution >= 4 is 37.8 Å². The van der Waals surface area contributed by atoms with E-state index in [0.717, 1.165) is 6.42 Å². The minimum atomic E-state index is -5.08. The Morgan fingerprint density at radius 1 is 0.938 bits per heavy atom. The summed E-state index contributed by atoms with van der Waals surface area (Å²) < 4.78 is 99.3. The Kier molecular flexibility index (Phi) is 12.5. The molecule has 2 aromatic rings. The van der Waals surface area contributed by atoms with E-state index in [4.69, 9.17) is 20.4 Å². The highest BCUT2D eigenvalue weighted by atomic mass is 79.9. The van der Waals surface area contributed by atoms with Crippen LogP contribution in [0.15, 0.2) is 57.9 Å². The van der Waals surface area contributed by atoms with Crippen molar-refractivity contribution in [3.63, 3.8) is 0 Å². The molecule has 5 rings (SSSR count). The first kappa shape index (κ1) is 38.0. The van der Waals surface area contributed by atoms with Gasteiger partial charge in [-0.05, 0) is 74.4 Å². The third kappa shape index (κ3) is 9.66. The first-order valence-corrected chi connectivity index (χ1v) is 18.0. The standard InChI is InChI=1S/C30H38BrF2N3O4S.C2HF3O2/c31-22-8-6-21(7-9-22)30(32,33)28(29(37)36-24-10-11-25(36)19-23(34)18-24)35-41(38,39)27-14-12-26(13-15-27)40-17-16-20-4-2-1-3-5-20;3-2(4,5)1(6)7/h6-9,12-15,20,23-25,28,35H,1-5,10-11,16-19,34H2;(H,6,7)/t23?,24?,25?,28-;/m0./s1. The molecule has 2 aromatic carbocycles. The number of halogens is 6. The predicted octanol–water partition coefficient (Wildman–Crippen LogP) is 6.35. The molecular weight excluding hydrogens is 729 g/mol. The number of nitrogens with one attached hydrogen (secondary N) is 1. The number of carboxylic acids is 1. The van der Waals surface area contributed by atoms with Gasteiger partial charge in [0.25, 0.3) is 5.92 Å². The Bertz CT molecular complexity index is 1490. The maximum Gasteiger partial charge on any atom is 0.490 e.